The number of hydrogen-bond donors (Lipinski definition) is 0. The second kappa shape index (κ2) is 4.89. The predicted molar refractivity (Wildman–Crippen MR) is 54.8 cm³/mol. The SMILES string of the molecule is CC(C)=CC(=O)N1CCCC(C(F)(F)F)C1. The molecule has 2 nitrogen and oxygen atoms in total. The van der Waals surface area contributed by atoms with Gasteiger partial charge in [-0.3, -0.25) is 4.79 Å². The molecular formula is C11H16F3NO. The molecule has 0 aromatic heterocycles. The molecule has 1 heterocycles. The maximum Gasteiger partial charge on any atom is 0.393 e. The molecule has 0 aliphatic carbocycles. The molecule has 1 unspecified atom stereocenters. The van der Waals surface area contributed by atoms with E-state index in [1.807, 2.05) is 0 Å². The number of halogens is 3. The van der Waals surface area contributed by atoms with Crippen LogP contribution in [-0.2, 0) is 4.79 Å². The van der Waals surface area contributed by atoms with Gasteiger partial charge >= 0.3 is 6.18 Å². The Balaban J connectivity index is 2.64. The van der Waals surface area contributed by atoms with Crippen molar-refractivity contribution in [3.05, 3.63) is 11.6 Å². The number of piperidine rings is 1. The van der Waals surface area contributed by atoms with Crippen molar-refractivity contribution in [3.8, 4) is 0 Å². The number of carbonyl (C=O) groups excluding carboxylic acids is 1. The highest BCUT2D eigenvalue weighted by atomic mass is 19.4. The molecule has 0 N–H and O–H groups in total. The van der Waals surface area contributed by atoms with Crippen molar-refractivity contribution in [3.63, 3.8) is 0 Å². The lowest BCUT2D eigenvalue weighted by molar-refractivity contribution is -0.187. The molecule has 5 heteroatoms. The van der Waals surface area contributed by atoms with E-state index >= 15 is 0 Å². The number of allylic oxidation sites excluding steroid dienone is 1. The van der Waals surface area contributed by atoms with E-state index in [9.17, 15) is 18.0 Å². The van der Waals surface area contributed by atoms with E-state index in [0.717, 1.165) is 5.57 Å². The van der Waals surface area contributed by atoms with Crippen LogP contribution < -0.4 is 0 Å². The molecule has 1 saturated heterocycles. The third-order valence-corrected chi connectivity index (χ3v) is 2.61. The molecule has 0 saturated carbocycles. The Bertz CT molecular complexity index is 292. The van der Waals surface area contributed by atoms with Gasteiger partial charge in [-0.25, -0.2) is 0 Å². The average Bonchev–Trinajstić information content (AvgIpc) is 2.15. The van der Waals surface area contributed by atoms with Crippen LogP contribution in [0.25, 0.3) is 0 Å². The summed E-state index contributed by atoms with van der Waals surface area (Å²) in [4.78, 5) is 12.8. The van der Waals surface area contributed by atoms with Gasteiger partial charge in [0, 0.05) is 19.2 Å². The van der Waals surface area contributed by atoms with Gasteiger partial charge in [-0.1, -0.05) is 5.57 Å². The Morgan fingerprint density at radius 1 is 1.38 bits per heavy atom. The quantitative estimate of drug-likeness (QED) is 0.640. The number of amides is 1. The highest BCUT2D eigenvalue weighted by molar-refractivity contribution is 5.88. The number of nitrogens with zero attached hydrogens (tertiary/aromatic N) is 1. The van der Waals surface area contributed by atoms with Crippen molar-refractivity contribution >= 4 is 5.91 Å². The normalized spacial score (nSPS) is 21.8. The van der Waals surface area contributed by atoms with Crippen LogP contribution in [0.15, 0.2) is 11.6 Å². The lowest BCUT2D eigenvalue weighted by atomic mass is 9.97. The number of carbonyl (C=O) groups is 1. The zero-order valence-corrected chi connectivity index (χ0v) is 9.47. The summed E-state index contributed by atoms with van der Waals surface area (Å²) in [7, 11) is 0. The van der Waals surface area contributed by atoms with E-state index in [4.69, 9.17) is 0 Å². The van der Waals surface area contributed by atoms with E-state index in [-0.39, 0.29) is 18.9 Å². The predicted octanol–water partition coefficient (Wildman–Crippen LogP) is 2.75. The summed E-state index contributed by atoms with van der Waals surface area (Å²) >= 11 is 0. The summed E-state index contributed by atoms with van der Waals surface area (Å²) in [6.07, 6.45) is -2.25. The lowest BCUT2D eigenvalue weighted by Crippen LogP contribution is -2.44. The molecule has 1 atom stereocenters. The number of hydrogen-bond acceptors (Lipinski definition) is 1. The van der Waals surface area contributed by atoms with Gasteiger partial charge in [-0.2, -0.15) is 13.2 Å². The van der Waals surface area contributed by atoms with Gasteiger partial charge in [0.05, 0.1) is 5.92 Å². The monoisotopic (exact) mass is 235 g/mol. The fourth-order valence-electron chi connectivity index (χ4n) is 1.78. The maximum atomic E-state index is 12.5. The van der Waals surface area contributed by atoms with Crippen LogP contribution in [0.2, 0.25) is 0 Å². The third-order valence-electron chi connectivity index (χ3n) is 2.61. The molecule has 0 bridgehead atoms. The molecule has 0 spiro atoms. The van der Waals surface area contributed by atoms with Crippen LogP contribution in [0.3, 0.4) is 0 Å². The maximum absolute atomic E-state index is 12.5. The number of alkyl halides is 3. The fraction of sp³-hybridized carbons (Fsp3) is 0.727. The molecule has 0 radical (unpaired) electrons. The van der Waals surface area contributed by atoms with E-state index in [1.54, 1.807) is 13.8 Å². The van der Waals surface area contributed by atoms with Gasteiger partial charge in [-0.15, -0.1) is 0 Å². The van der Waals surface area contributed by atoms with Gasteiger partial charge in [0.2, 0.25) is 5.91 Å². The molecule has 0 aromatic carbocycles. The van der Waals surface area contributed by atoms with E-state index in [2.05, 4.69) is 0 Å². The molecule has 92 valence electrons. The van der Waals surface area contributed by atoms with Gasteiger partial charge < -0.3 is 4.90 Å². The number of rotatable bonds is 1. The van der Waals surface area contributed by atoms with Crippen LogP contribution in [-0.4, -0.2) is 30.1 Å². The fourth-order valence-corrected chi connectivity index (χ4v) is 1.78. The standard InChI is InChI=1S/C11H16F3NO/c1-8(2)6-10(16)15-5-3-4-9(7-15)11(12,13)14/h6,9H,3-5,7H2,1-2H3. The minimum atomic E-state index is -4.19. The second-order valence-electron chi connectivity index (χ2n) is 4.39. The Morgan fingerprint density at radius 3 is 2.50 bits per heavy atom. The molecule has 1 rings (SSSR count). The Kier molecular flexibility index (Phi) is 3.99. The first-order valence-corrected chi connectivity index (χ1v) is 5.31. The van der Waals surface area contributed by atoms with Crippen molar-refractivity contribution < 1.29 is 18.0 Å². The van der Waals surface area contributed by atoms with Crippen LogP contribution in [0.1, 0.15) is 26.7 Å². The van der Waals surface area contributed by atoms with Crippen molar-refractivity contribution in [2.24, 2.45) is 5.92 Å². The summed E-state index contributed by atoms with van der Waals surface area (Å²) in [5, 5.41) is 0. The minimum Gasteiger partial charge on any atom is -0.339 e. The summed E-state index contributed by atoms with van der Waals surface area (Å²) in [5.74, 6) is -1.68. The minimum absolute atomic E-state index is 0.127. The Morgan fingerprint density at radius 2 is 2.00 bits per heavy atom. The lowest BCUT2D eigenvalue weighted by Gasteiger charge is -2.33. The van der Waals surface area contributed by atoms with Crippen LogP contribution in [0, 0.1) is 5.92 Å². The smallest absolute Gasteiger partial charge is 0.339 e. The average molecular weight is 235 g/mol. The first-order valence-electron chi connectivity index (χ1n) is 5.31. The zero-order chi connectivity index (χ0) is 12.3. The Hall–Kier alpha value is -1.00. The van der Waals surface area contributed by atoms with Gasteiger partial charge in [0.25, 0.3) is 0 Å². The summed E-state index contributed by atoms with van der Waals surface area (Å²) in [6, 6.07) is 0. The van der Waals surface area contributed by atoms with E-state index in [0.29, 0.717) is 13.0 Å². The van der Waals surface area contributed by atoms with Gasteiger partial charge in [0.1, 0.15) is 0 Å². The summed E-state index contributed by atoms with van der Waals surface area (Å²) in [6.45, 7) is 3.73. The topological polar surface area (TPSA) is 20.3 Å². The van der Waals surface area contributed by atoms with Crippen molar-refractivity contribution in [2.45, 2.75) is 32.9 Å². The molecule has 1 fully saturated rings. The molecular weight excluding hydrogens is 219 g/mol. The molecule has 0 aromatic rings. The van der Waals surface area contributed by atoms with Gasteiger partial charge in [0.15, 0.2) is 0 Å². The van der Waals surface area contributed by atoms with Crippen molar-refractivity contribution in [1.82, 2.24) is 4.90 Å². The van der Waals surface area contributed by atoms with Crippen molar-refractivity contribution in [1.29, 1.82) is 0 Å². The van der Waals surface area contributed by atoms with Crippen LogP contribution in [0.5, 0.6) is 0 Å². The third kappa shape index (κ3) is 3.54. The van der Waals surface area contributed by atoms with Crippen LogP contribution >= 0.6 is 0 Å². The largest absolute Gasteiger partial charge is 0.393 e. The molecule has 1 amide bonds. The first kappa shape index (κ1) is 13.1. The first-order chi connectivity index (χ1) is 7.30. The Labute approximate surface area is 93.1 Å². The van der Waals surface area contributed by atoms with E-state index in [1.165, 1.54) is 11.0 Å². The van der Waals surface area contributed by atoms with Crippen molar-refractivity contribution in [2.75, 3.05) is 13.1 Å². The second-order valence-corrected chi connectivity index (χ2v) is 4.39. The van der Waals surface area contributed by atoms with Crippen LogP contribution in [0.4, 0.5) is 13.2 Å². The number of likely N-dealkylation sites (tertiary alicyclic amines) is 1. The molecule has 1 aliphatic heterocycles. The summed E-state index contributed by atoms with van der Waals surface area (Å²) < 4.78 is 37.5. The zero-order valence-electron chi connectivity index (χ0n) is 9.47. The molecule has 16 heavy (non-hydrogen) atoms. The van der Waals surface area contributed by atoms with Gasteiger partial charge in [-0.05, 0) is 26.7 Å². The highest BCUT2D eigenvalue weighted by Gasteiger charge is 2.42. The molecule has 1 aliphatic rings. The van der Waals surface area contributed by atoms with E-state index < -0.39 is 12.1 Å². The summed E-state index contributed by atoms with van der Waals surface area (Å²) in [5.41, 5.74) is 0.805. The highest BCUT2D eigenvalue weighted by Crippen LogP contribution is 2.33.